The normalized spacial score (nSPS) is 11.6. The molecule has 140 valence electrons. The van der Waals surface area contributed by atoms with Crippen LogP contribution >= 0.6 is 0 Å². The molecule has 3 rings (SSSR count). The molecule has 1 aromatic heterocycles. The Hall–Kier alpha value is -3.09. The first-order chi connectivity index (χ1) is 12.8. The summed E-state index contributed by atoms with van der Waals surface area (Å²) in [6.07, 6.45) is -3.57. The van der Waals surface area contributed by atoms with Gasteiger partial charge in [-0.1, -0.05) is 36.4 Å². The molecule has 0 N–H and O–H groups in total. The quantitative estimate of drug-likeness (QED) is 0.699. The third kappa shape index (κ3) is 4.19. The van der Waals surface area contributed by atoms with Crippen molar-refractivity contribution in [2.45, 2.75) is 19.3 Å². The molecule has 0 saturated carbocycles. The average Bonchev–Trinajstić information content (AvgIpc) is 2.62. The van der Waals surface area contributed by atoms with E-state index in [1.165, 1.54) is 11.1 Å². The third-order valence-electron chi connectivity index (χ3n) is 4.29. The summed E-state index contributed by atoms with van der Waals surface area (Å²) in [6, 6.07) is 15.4. The van der Waals surface area contributed by atoms with Crippen LogP contribution in [-0.4, -0.2) is 22.4 Å². The molecule has 1 heterocycles. The van der Waals surface area contributed by atoms with Crippen LogP contribution in [0.15, 0.2) is 65.6 Å². The van der Waals surface area contributed by atoms with Crippen LogP contribution in [0.3, 0.4) is 0 Å². The summed E-state index contributed by atoms with van der Waals surface area (Å²) >= 11 is 0. The van der Waals surface area contributed by atoms with Crippen LogP contribution in [0.25, 0.3) is 10.8 Å². The number of alkyl halides is 3. The highest BCUT2D eigenvalue weighted by molar-refractivity contribution is 5.83. The van der Waals surface area contributed by atoms with Crippen LogP contribution in [0.1, 0.15) is 11.1 Å². The lowest BCUT2D eigenvalue weighted by atomic mass is 10.1. The summed E-state index contributed by atoms with van der Waals surface area (Å²) in [5.41, 5.74) is -1.62. The Balaban J connectivity index is 1.75. The number of hydrogen-bond donors (Lipinski definition) is 0. The van der Waals surface area contributed by atoms with Crippen molar-refractivity contribution in [1.29, 1.82) is 0 Å². The second kappa shape index (κ2) is 7.26. The zero-order chi connectivity index (χ0) is 19.6. The number of rotatable bonds is 4. The summed E-state index contributed by atoms with van der Waals surface area (Å²) < 4.78 is 39.3. The first-order valence-corrected chi connectivity index (χ1v) is 8.24. The van der Waals surface area contributed by atoms with Crippen LogP contribution in [0.2, 0.25) is 0 Å². The highest BCUT2D eigenvalue weighted by Gasteiger charge is 2.34. The van der Waals surface area contributed by atoms with E-state index in [1.807, 2.05) is 42.5 Å². The zero-order valence-corrected chi connectivity index (χ0v) is 14.5. The molecule has 0 spiro atoms. The van der Waals surface area contributed by atoms with Gasteiger partial charge < -0.3 is 9.47 Å². The summed E-state index contributed by atoms with van der Waals surface area (Å²) in [4.78, 5) is 25.7. The Morgan fingerprint density at radius 1 is 1.04 bits per heavy atom. The second-order valence-electron chi connectivity index (χ2n) is 6.28. The van der Waals surface area contributed by atoms with Crippen LogP contribution in [0, 0.1) is 0 Å². The van der Waals surface area contributed by atoms with E-state index in [9.17, 15) is 22.8 Å². The minimum atomic E-state index is -4.75. The molecule has 2 aromatic carbocycles. The van der Waals surface area contributed by atoms with Crippen molar-refractivity contribution in [1.82, 2.24) is 9.47 Å². The van der Waals surface area contributed by atoms with Gasteiger partial charge in [0.25, 0.3) is 5.56 Å². The number of carbonyl (C=O) groups excluding carboxylic acids is 1. The Morgan fingerprint density at radius 3 is 2.44 bits per heavy atom. The number of halogens is 3. The minimum absolute atomic E-state index is 0.289. The van der Waals surface area contributed by atoms with Crippen molar-refractivity contribution in [3.8, 4) is 0 Å². The number of benzene rings is 2. The largest absolute Gasteiger partial charge is 0.421 e. The smallest absolute Gasteiger partial charge is 0.340 e. The van der Waals surface area contributed by atoms with Gasteiger partial charge in [-0.2, -0.15) is 13.2 Å². The van der Waals surface area contributed by atoms with Crippen LogP contribution in [0.5, 0.6) is 0 Å². The summed E-state index contributed by atoms with van der Waals surface area (Å²) in [6.45, 7) is -0.162. The molecule has 3 aromatic rings. The molecule has 0 aliphatic heterocycles. The molecule has 4 nitrogen and oxygen atoms in total. The molecule has 7 heteroatoms. The Labute approximate surface area is 153 Å². The standard InChI is InChI=1S/C20H17F3N2O2/c1-24(12-14-8-9-15-5-2-3-6-16(15)11-14)18(26)13-25-10-4-7-17(19(25)27)20(21,22)23/h2-11H,12-13H2,1H3. The van der Waals surface area contributed by atoms with Crippen molar-refractivity contribution in [3.05, 3.63) is 82.3 Å². The minimum Gasteiger partial charge on any atom is -0.340 e. The van der Waals surface area contributed by atoms with Crippen molar-refractivity contribution in [2.24, 2.45) is 0 Å². The maximum absolute atomic E-state index is 12.8. The molecule has 0 unspecified atom stereocenters. The molecule has 27 heavy (non-hydrogen) atoms. The van der Waals surface area contributed by atoms with Crippen LogP contribution in [0.4, 0.5) is 13.2 Å². The first-order valence-electron chi connectivity index (χ1n) is 8.24. The number of amides is 1. The van der Waals surface area contributed by atoms with Gasteiger partial charge in [0.15, 0.2) is 0 Å². The Kier molecular flexibility index (Phi) is 5.03. The molecule has 0 fully saturated rings. The van der Waals surface area contributed by atoms with E-state index in [1.54, 1.807) is 7.05 Å². The topological polar surface area (TPSA) is 42.3 Å². The maximum atomic E-state index is 12.8. The molecule has 1 amide bonds. The van der Waals surface area contributed by atoms with Gasteiger partial charge >= 0.3 is 6.18 Å². The Bertz CT molecular complexity index is 1040. The van der Waals surface area contributed by atoms with Gasteiger partial charge in [-0.15, -0.1) is 0 Å². The molecular weight excluding hydrogens is 357 g/mol. The number of hydrogen-bond acceptors (Lipinski definition) is 2. The fourth-order valence-electron chi connectivity index (χ4n) is 2.84. The number of likely N-dealkylation sites (N-methyl/N-ethyl adjacent to an activating group) is 1. The summed E-state index contributed by atoms with van der Waals surface area (Å²) in [5.74, 6) is -0.454. The molecule has 0 bridgehead atoms. The van der Waals surface area contributed by atoms with E-state index in [-0.39, 0.29) is 6.54 Å². The number of carbonyl (C=O) groups is 1. The van der Waals surface area contributed by atoms with Crippen molar-refractivity contribution < 1.29 is 18.0 Å². The van der Waals surface area contributed by atoms with Gasteiger partial charge in [-0.3, -0.25) is 9.59 Å². The van der Waals surface area contributed by atoms with Crippen molar-refractivity contribution >= 4 is 16.7 Å². The Morgan fingerprint density at radius 2 is 1.74 bits per heavy atom. The molecule has 0 radical (unpaired) electrons. The predicted octanol–water partition coefficient (Wildman–Crippen LogP) is 3.68. The monoisotopic (exact) mass is 374 g/mol. The van der Waals surface area contributed by atoms with E-state index < -0.39 is 29.8 Å². The average molecular weight is 374 g/mol. The molecular formula is C20H17F3N2O2. The van der Waals surface area contributed by atoms with Crippen LogP contribution < -0.4 is 5.56 Å². The molecule has 0 atom stereocenters. The summed E-state index contributed by atoms with van der Waals surface area (Å²) in [5, 5.41) is 2.11. The predicted molar refractivity (Wildman–Crippen MR) is 96.1 cm³/mol. The van der Waals surface area contributed by atoms with E-state index in [4.69, 9.17) is 0 Å². The SMILES string of the molecule is CN(Cc1ccc2ccccc2c1)C(=O)Cn1cccc(C(F)(F)F)c1=O. The zero-order valence-electron chi connectivity index (χ0n) is 14.5. The van der Waals surface area contributed by atoms with Gasteiger partial charge in [0.2, 0.25) is 5.91 Å². The van der Waals surface area contributed by atoms with Gasteiger partial charge in [0.1, 0.15) is 12.1 Å². The highest BCUT2D eigenvalue weighted by atomic mass is 19.4. The lowest BCUT2D eigenvalue weighted by Crippen LogP contribution is -2.35. The second-order valence-corrected chi connectivity index (χ2v) is 6.28. The van der Waals surface area contributed by atoms with E-state index in [0.29, 0.717) is 6.07 Å². The molecule has 0 aliphatic carbocycles. The van der Waals surface area contributed by atoms with E-state index in [0.717, 1.165) is 27.0 Å². The number of nitrogens with zero attached hydrogens (tertiary/aromatic N) is 2. The lowest BCUT2D eigenvalue weighted by Gasteiger charge is -2.19. The van der Waals surface area contributed by atoms with Gasteiger partial charge in [-0.05, 0) is 34.5 Å². The molecule has 0 saturated heterocycles. The maximum Gasteiger partial charge on any atom is 0.421 e. The lowest BCUT2D eigenvalue weighted by molar-refractivity contribution is -0.139. The number of pyridine rings is 1. The van der Waals surface area contributed by atoms with Gasteiger partial charge in [-0.25, -0.2) is 0 Å². The number of fused-ring (bicyclic) bond motifs is 1. The van der Waals surface area contributed by atoms with Gasteiger partial charge in [0, 0.05) is 19.8 Å². The third-order valence-corrected chi connectivity index (χ3v) is 4.29. The van der Waals surface area contributed by atoms with E-state index in [2.05, 4.69) is 0 Å². The first kappa shape index (κ1) is 18.7. The fraction of sp³-hybridized carbons (Fsp3) is 0.200. The molecule has 0 aliphatic rings. The highest BCUT2D eigenvalue weighted by Crippen LogP contribution is 2.26. The van der Waals surface area contributed by atoms with Crippen molar-refractivity contribution in [3.63, 3.8) is 0 Å². The van der Waals surface area contributed by atoms with E-state index >= 15 is 0 Å². The fourth-order valence-corrected chi connectivity index (χ4v) is 2.84. The summed E-state index contributed by atoms with van der Waals surface area (Å²) in [7, 11) is 1.55. The van der Waals surface area contributed by atoms with Crippen molar-refractivity contribution in [2.75, 3.05) is 7.05 Å². The number of aromatic nitrogens is 1. The van der Waals surface area contributed by atoms with Gasteiger partial charge in [0.05, 0.1) is 0 Å². The van der Waals surface area contributed by atoms with Crippen LogP contribution in [-0.2, 0) is 24.1 Å².